The SMILES string of the molecule is CCCCCCCCCC=CC=CCCCCC(=O)O. The molecule has 2 nitrogen and oxygen atoms in total. The first kappa shape index (κ1) is 18.9. The van der Waals surface area contributed by atoms with Gasteiger partial charge in [0.25, 0.3) is 0 Å². The van der Waals surface area contributed by atoms with E-state index in [1.165, 1.54) is 51.4 Å². The van der Waals surface area contributed by atoms with Gasteiger partial charge in [0.15, 0.2) is 0 Å². The maximum atomic E-state index is 10.3. The molecule has 0 radical (unpaired) electrons. The van der Waals surface area contributed by atoms with Crippen molar-refractivity contribution in [1.29, 1.82) is 0 Å². The molecule has 116 valence electrons. The molecular weight excluding hydrogens is 248 g/mol. The zero-order valence-electron chi connectivity index (χ0n) is 13.2. The maximum absolute atomic E-state index is 10.3. The molecule has 0 rings (SSSR count). The Labute approximate surface area is 125 Å². The molecule has 0 aliphatic rings. The van der Waals surface area contributed by atoms with E-state index in [4.69, 9.17) is 5.11 Å². The molecule has 0 aliphatic heterocycles. The van der Waals surface area contributed by atoms with E-state index in [1.54, 1.807) is 0 Å². The van der Waals surface area contributed by atoms with E-state index in [0.717, 1.165) is 19.3 Å². The van der Waals surface area contributed by atoms with Crippen LogP contribution in [0.2, 0.25) is 0 Å². The molecule has 0 atom stereocenters. The van der Waals surface area contributed by atoms with Gasteiger partial charge in [0.05, 0.1) is 0 Å². The summed E-state index contributed by atoms with van der Waals surface area (Å²) in [4.78, 5) is 10.3. The van der Waals surface area contributed by atoms with Gasteiger partial charge in [0.2, 0.25) is 0 Å². The van der Waals surface area contributed by atoms with Gasteiger partial charge in [-0.3, -0.25) is 4.79 Å². The minimum Gasteiger partial charge on any atom is -0.481 e. The summed E-state index contributed by atoms with van der Waals surface area (Å²) in [7, 11) is 0. The summed E-state index contributed by atoms with van der Waals surface area (Å²) in [5.74, 6) is -0.691. The summed E-state index contributed by atoms with van der Waals surface area (Å²) < 4.78 is 0. The van der Waals surface area contributed by atoms with Gasteiger partial charge < -0.3 is 5.11 Å². The summed E-state index contributed by atoms with van der Waals surface area (Å²) in [5.41, 5.74) is 0. The summed E-state index contributed by atoms with van der Waals surface area (Å²) in [6, 6.07) is 0. The van der Waals surface area contributed by atoms with Crippen molar-refractivity contribution in [1.82, 2.24) is 0 Å². The second-order valence-corrected chi connectivity index (χ2v) is 5.41. The Kier molecular flexibility index (Phi) is 15.2. The fraction of sp³-hybridized carbons (Fsp3) is 0.722. The van der Waals surface area contributed by atoms with Crippen molar-refractivity contribution in [2.24, 2.45) is 0 Å². The average Bonchev–Trinajstić information content (AvgIpc) is 2.43. The second kappa shape index (κ2) is 16.0. The van der Waals surface area contributed by atoms with Gasteiger partial charge in [-0.2, -0.15) is 0 Å². The predicted molar refractivity (Wildman–Crippen MR) is 87.0 cm³/mol. The molecule has 0 aromatic heterocycles. The van der Waals surface area contributed by atoms with E-state index in [1.807, 2.05) is 0 Å². The number of carbonyl (C=O) groups is 1. The fourth-order valence-electron chi connectivity index (χ4n) is 2.11. The third-order valence-electron chi connectivity index (χ3n) is 3.37. The van der Waals surface area contributed by atoms with Crippen LogP contribution >= 0.6 is 0 Å². The number of aliphatic carboxylic acids is 1. The Bertz CT molecular complexity index is 267. The summed E-state index contributed by atoms with van der Waals surface area (Å²) in [6.45, 7) is 2.25. The predicted octanol–water partition coefficient (Wildman–Crippen LogP) is 5.88. The van der Waals surface area contributed by atoms with Crippen LogP contribution in [0.5, 0.6) is 0 Å². The lowest BCUT2D eigenvalue weighted by Gasteiger charge is -1.98. The smallest absolute Gasteiger partial charge is 0.303 e. The topological polar surface area (TPSA) is 37.3 Å². The number of unbranched alkanes of at least 4 members (excludes halogenated alkanes) is 9. The number of allylic oxidation sites excluding steroid dienone is 4. The number of hydrogen-bond donors (Lipinski definition) is 1. The maximum Gasteiger partial charge on any atom is 0.303 e. The van der Waals surface area contributed by atoms with Crippen LogP contribution in [0.3, 0.4) is 0 Å². The van der Waals surface area contributed by atoms with E-state index >= 15 is 0 Å². The first-order valence-corrected chi connectivity index (χ1v) is 8.30. The van der Waals surface area contributed by atoms with Gasteiger partial charge in [-0.25, -0.2) is 0 Å². The molecule has 0 bridgehead atoms. The molecule has 0 heterocycles. The standard InChI is InChI=1S/C18H32O2/c1-2-3-4-5-6-7-8-9-10-11-12-13-14-15-16-17-18(19)20/h10-13H,2-9,14-17H2,1H3,(H,19,20). The van der Waals surface area contributed by atoms with Crippen LogP contribution < -0.4 is 0 Å². The first-order valence-electron chi connectivity index (χ1n) is 8.30. The highest BCUT2D eigenvalue weighted by molar-refractivity contribution is 5.66. The van der Waals surface area contributed by atoms with E-state index in [-0.39, 0.29) is 0 Å². The normalized spacial score (nSPS) is 11.7. The van der Waals surface area contributed by atoms with Crippen LogP contribution in [0, 0.1) is 0 Å². The lowest BCUT2D eigenvalue weighted by Crippen LogP contribution is -1.92. The molecule has 0 aromatic carbocycles. The van der Waals surface area contributed by atoms with Crippen LogP contribution in [0.25, 0.3) is 0 Å². The number of carboxylic acid groups (broad SMARTS) is 1. The Morgan fingerprint density at radius 1 is 0.800 bits per heavy atom. The van der Waals surface area contributed by atoms with E-state index in [2.05, 4.69) is 31.2 Å². The molecule has 0 aliphatic carbocycles. The quantitative estimate of drug-likeness (QED) is 0.318. The summed E-state index contributed by atoms with van der Waals surface area (Å²) in [6.07, 6.45) is 22.3. The third-order valence-corrected chi connectivity index (χ3v) is 3.37. The zero-order chi connectivity index (χ0) is 14.9. The van der Waals surface area contributed by atoms with Gasteiger partial charge in [0.1, 0.15) is 0 Å². The van der Waals surface area contributed by atoms with Crippen LogP contribution in [0.1, 0.15) is 84.0 Å². The zero-order valence-corrected chi connectivity index (χ0v) is 13.2. The molecule has 2 heteroatoms. The van der Waals surface area contributed by atoms with Crippen molar-refractivity contribution < 1.29 is 9.90 Å². The molecule has 0 saturated heterocycles. The molecule has 0 unspecified atom stereocenters. The van der Waals surface area contributed by atoms with Crippen molar-refractivity contribution in [3.05, 3.63) is 24.3 Å². The Morgan fingerprint density at radius 2 is 1.30 bits per heavy atom. The molecule has 0 aromatic rings. The molecule has 20 heavy (non-hydrogen) atoms. The minimum absolute atomic E-state index is 0.294. The van der Waals surface area contributed by atoms with Crippen LogP contribution in [-0.2, 0) is 4.79 Å². The van der Waals surface area contributed by atoms with Crippen LogP contribution in [0.4, 0.5) is 0 Å². The first-order chi connectivity index (χ1) is 9.77. The lowest BCUT2D eigenvalue weighted by atomic mass is 10.1. The Balaban J connectivity index is 3.20. The van der Waals surface area contributed by atoms with E-state index in [0.29, 0.717) is 6.42 Å². The molecule has 0 spiro atoms. The van der Waals surface area contributed by atoms with Crippen molar-refractivity contribution in [2.45, 2.75) is 84.0 Å². The Hall–Kier alpha value is -1.05. The van der Waals surface area contributed by atoms with Gasteiger partial charge in [0, 0.05) is 6.42 Å². The van der Waals surface area contributed by atoms with Crippen molar-refractivity contribution >= 4 is 5.97 Å². The third kappa shape index (κ3) is 16.9. The average molecular weight is 280 g/mol. The second-order valence-electron chi connectivity index (χ2n) is 5.41. The molecule has 0 fully saturated rings. The molecular formula is C18H32O2. The van der Waals surface area contributed by atoms with Gasteiger partial charge >= 0.3 is 5.97 Å². The number of carboxylic acids is 1. The molecule has 0 saturated carbocycles. The van der Waals surface area contributed by atoms with Crippen molar-refractivity contribution in [3.63, 3.8) is 0 Å². The van der Waals surface area contributed by atoms with E-state index in [9.17, 15) is 4.79 Å². The van der Waals surface area contributed by atoms with Crippen LogP contribution in [-0.4, -0.2) is 11.1 Å². The van der Waals surface area contributed by atoms with Crippen molar-refractivity contribution in [2.75, 3.05) is 0 Å². The highest BCUT2D eigenvalue weighted by Gasteiger charge is 1.93. The highest BCUT2D eigenvalue weighted by Crippen LogP contribution is 2.08. The largest absolute Gasteiger partial charge is 0.481 e. The summed E-state index contributed by atoms with van der Waals surface area (Å²) >= 11 is 0. The minimum atomic E-state index is -0.691. The number of hydrogen-bond acceptors (Lipinski definition) is 1. The monoisotopic (exact) mass is 280 g/mol. The molecule has 1 N–H and O–H groups in total. The molecule has 0 amide bonds. The number of rotatable bonds is 14. The van der Waals surface area contributed by atoms with Gasteiger partial charge in [-0.1, -0.05) is 69.8 Å². The van der Waals surface area contributed by atoms with Crippen molar-refractivity contribution in [3.8, 4) is 0 Å². The van der Waals surface area contributed by atoms with Crippen LogP contribution in [0.15, 0.2) is 24.3 Å². The van der Waals surface area contributed by atoms with E-state index < -0.39 is 5.97 Å². The lowest BCUT2D eigenvalue weighted by molar-refractivity contribution is -0.137. The summed E-state index contributed by atoms with van der Waals surface area (Å²) in [5, 5.41) is 8.49. The fourth-order valence-corrected chi connectivity index (χ4v) is 2.11. The highest BCUT2D eigenvalue weighted by atomic mass is 16.4. The van der Waals surface area contributed by atoms with Gasteiger partial charge in [-0.15, -0.1) is 0 Å². The van der Waals surface area contributed by atoms with Gasteiger partial charge in [-0.05, 0) is 32.1 Å². The Morgan fingerprint density at radius 3 is 1.85 bits per heavy atom.